The molecule has 0 aliphatic carbocycles. The van der Waals surface area contributed by atoms with Crippen LogP contribution in [0, 0.1) is 27.7 Å². The minimum atomic E-state index is -0.616. The summed E-state index contributed by atoms with van der Waals surface area (Å²) >= 11 is 0. The van der Waals surface area contributed by atoms with Gasteiger partial charge in [0.15, 0.2) is 23.0 Å². The van der Waals surface area contributed by atoms with Crippen LogP contribution in [-0.4, -0.2) is 39.0 Å². The summed E-state index contributed by atoms with van der Waals surface area (Å²) in [6.45, 7) is 14.2. The number of unbranched alkanes of at least 4 members (excludes halogenated alkanes) is 18. The molecule has 2 aromatic rings. The van der Waals surface area contributed by atoms with Crippen LogP contribution < -0.4 is 22.5 Å². The Morgan fingerprint density at radius 2 is 0.717 bits per heavy atom. The average Bonchev–Trinajstić information content (AvgIpc) is 3.21. The molecule has 2 aromatic carbocycles. The number of aromatic amines is 2. The van der Waals surface area contributed by atoms with E-state index in [-0.39, 0.29) is 11.4 Å². The van der Waals surface area contributed by atoms with E-state index in [4.69, 9.17) is 0 Å². The molecule has 2 N–H and O–H groups in total. The second-order valence-corrected chi connectivity index (χ2v) is 16.8. The molecule has 0 fully saturated rings. The van der Waals surface area contributed by atoms with Crippen molar-refractivity contribution in [3.63, 3.8) is 0 Å². The Hall–Kier alpha value is -5.00. The van der Waals surface area contributed by atoms with E-state index >= 15 is 0 Å². The monoisotopic (exact) mass is 821 g/mol. The summed E-state index contributed by atoms with van der Waals surface area (Å²) in [6, 6.07) is 8.18. The molecular weight excluding hydrogens is 753 g/mol. The first kappa shape index (κ1) is 46.1. The van der Waals surface area contributed by atoms with E-state index in [9.17, 15) is 19.2 Å². The van der Waals surface area contributed by atoms with Gasteiger partial charge in [-0.2, -0.15) is 9.97 Å². The van der Waals surface area contributed by atoms with Crippen LogP contribution in [0.5, 0.6) is 0 Å². The molecule has 0 unspecified atom stereocenters. The summed E-state index contributed by atoms with van der Waals surface area (Å²) in [5.41, 5.74) is 6.27. The SMILES string of the molecule is CCCCCCCCCCCCn1c2nc(=O)[nH]c(=O)c-2nc2cc(C)c(C)cc21.CCCCCCCCCCCCn1c2nc(=O)[nH]c(=O)c-2nc2cc(C)c(C)cc21. The summed E-state index contributed by atoms with van der Waals surface area (Å²) < 4.78 is 4.01. The van der Waals surface area contributed by atoms with Crippen LogP contribution in [0.3, 0.4) is 0 Å². The Bertz CT molecular complexity index is 2310. The molecule has 0 amide bonds. The predicted octanol–water partition coefficient (Wildman–Crippen LogP) is 10.2. The third-order valence-corrected chi connectivity index (χ3v) is 11.9. The fraction of sp³-hybridized carbons (Fsp3) is 0.583. The van der Waals surface area contributed by atoms with Crippen molar-refractivity contribution in [2.45, 2.75) is 183 Å². The molecule has 0 atom stereocenters. The van der Waals surface area contributed by atoms with Crippen LogP contribution in [0.4, 0.5) is 0 Å². The number of hydrogen-bond donors (Lipinski definition) is 2. The molecular formula is C48H68N8O4. The van der Waals surface area contributed by atoms with E-state index in [0.29, 0.717) is 11.6 Å². The van der Waals surface area contributed by atoms with E-state index in [1.807, 2.05) is 35.1 Å². The highest BCUT2D eigenvalue weighted by Crippen LogP contribution is 2.26. The summed E-state index contributed by atoms with van der Waals surface area (Å²) in [6.07, 6.45) is 25.3. The number of hydrogen-bond acceptors (Lipinski definition) is 8. The second-order valence-electron chi connectivity index (χ2n) is 16.8. The fourth-order valence-electron chi connectivity index (χ4n) is 8.07. The number of benzene rings is 2. The number of aromatic nitrogens is 8. The first-order valence-corrected chi connectivity index (χ1v) is 22.9. The van der Waals surface area contributed by atoms with Gasteiger partial charge in [0.25, 0.3) is 11.1 Å². The Labute approximate surface area is 354 Å². The lowest BCUT2D eigenvalue weighted by Crippen LogP contribution is -2.29. The smallest absolute Gasteiger partial charge is 0.322 e. The molecule has 0 aromatic heterocycles. The lowest BCUT2D eigenvalue weighted by atomic mass is 10.1. The van der Waals surface area contributed by atoms with Crippen LogP contribution in [0.25, 0.3) is 45.1 Å². The Kier molecular flexibility index (Phi) is 17.8. The van der Waals surface area contributed by atoms with Crippen molar-refractivity contribution in [3.8, 4) is 23.0 Å². The number of nitrogens with zero attached hydrogens (tertiary/aromatic N) is 6. The van der Waals surface area contributed by atoms with E-state index < -0.39 is 22.5 Å². The zero-order valence-corrected chi connectivity index (χ0v) is 37.2. The van der Waals surface area contributed by atoms with E-state index in [0.717, 1.165) is 83.1 Å². The molecule has 4 heterocycles. The second kappa shape index (κ2) is 23.1. The predicted molar refractivity (Wildman–Crippen MR) is 245 cm³/mol. The third-order valence-electron chi connectivity index (χ3n) is 11.9. The molecule has 6 rings (SSSR count). The first-order valence-electron chi connectivity index (χ1n) is 22.9. The van der Waals surface area contributed by atoms with Gasteiger partial charge < -0.3 is 9.13 Å². The normalized spacial score (nSPS) is 11.6. The lowest BCUT2D eigenvalue weighted by Gasteiger charge is -2.17. The Morgan fingerprint density at radius 1 is 0.417 bits per heavy atom. The Morgan fingerprint density at radius 3 is 1.05 bits per heavy atom. The van der Waals surface area contributed by atoms with Crippen LogP contribution in [0.1, 0.15) is 165 Å². The summed E-state index contributed by atoms with van der Waals surface area (Å²) in [7, 11) is 0. The molecule has 0 bridgehead atoms. The highest BCUT2D eigenvalue weighted by Gasteiger charge is 2.20. The lowest BCUT2D eigenvalue weighted by molar-refractivity contribution is 0.537. The number of aryl methyl sites for hydroxylation is 6. The van der Waals surface area contributed by atoms with Gasteiger partial charge in [-0.25, -0.2) is 19.6 Å². The van der Waals surface area contributed by atoms with Gasteiger partial charge in [0.2, 0.25) is 0 Å². The van der Waals surface area contributed by atoms with Gasteiger partial charge in [0.1, 0.15) is 0 Å². The molecule has 0 spiro atoms. The van der Waals surface area contributed by atoms with Gasteiger partial charge in [-0.05, 0) is 87.1 Å². The standard InChI is InChI=1S/2C24H34N4O2/c2*1-4-5-6-7-8-9-10-11-12-13-14-28-20-16-18(3)17(2)15-19(20)25-21-22(28)26-24(30)27-23(21)29/h2*15-16H,4-14H2,1-3H3,(H,27,29,30). The summed E-state index contributed by atoms with van der Waals surface area (Å²) in [4.78, 5) is 70.0. The van der Waals surface area contributed by atoms with Gasteiger partial charge in [0, 0.05) is 13.1 Å². The average molecular weight is 821 g/mol. The molecule has 12 heteroatoms. The maximum Gasteiger partial charge on any atom is 0.349 e. The summed E-state index contributed by atoms with van der Waals surface area (Å²) in [5, 5.41) is 0. The summed E-state index contributed by atoms with van der Waals surface area (Å²) in [5.74, 6) is 0.769. The topological polar surface area (TPSA) is 161 Å². The maximum absolute atomic E-state index is 12.3. The first-order chi connectivity index (χ1) is 29.0. The van der Waals surface area contributed by atoms with E-state index in [1.165, 1.54) is 103 Å². The largest absolute Gasteiger partial charge is 0.349 e. The van der Waals surface area contributed by atoms with Crippen LogP contribution in [-0.2, 0) is 13.1 Å². The van der Waals surface area contributed by atoms with Gasteiger partial charge >= 0.3 is 11.4 Å². The van der Waals surface area contributed by atoms with Crippen LogP contribution in [0.2, 0.25) is 0 Å². The fourth-order valence-corrected chi connectivity index (χ4v) is 8.07. The third kappa shape index (κ3) is 12.5. The van der Waals surface area contributed by atoms with Crippen molar-refractivity contribution >= 4 is 22.1 Å². The van der Waals surface area contributed by atoms with Crippen molar-refractivity contribution in [1.29, 1.82) is 0 Å². The van der Waals surface area contributed by atoms with Crippen LogP contribution >= 0.6 is 0 Å². The van der Waals surface area contributed by atoms with E-state index in [2.05, 4.69) is 69.7 Å². The van der Waals surface area contributed by atoms with Crippen molar-refractivity contribution in [2.75, 3.05) is 0 Å². The Balaban J connectivity index is 0.000000228. The van der Waals surface area contributed by atoms with Gasteiger partial charge in [0.05, 0.1) is 22.1 Å². The zero-order valence-electron chi connectivity index (χ0n) is 37.2. The van der Waals surface area contributed by atoms with Gasteiger partial charge in [-0.3, -0.25) is 19.6 Å². The molecule has 4 aliphatic heterocycles. The van der Waals surface area contributed by atoms with Crippen molar-refractivity contribution in [3.05, 3.63) is 88.2 Å². The highest BCUT2D eigenvalue weighted by atomic mass is 16.2. The highest BCUT2D eigenvalue weighted by molar-refractivity contribution is 5.82. The van der Waals surface area contributed by atoms with Gasteiger partial charge in [-0.15, -0.1) is 0 Å². The van der Waals surface area contributed by atoms with Gasteiger partial charge in [-0.1, -0.05) is 129 Å². The zero-order chi connectivity index (χ0) is 43.0. The molecule has 324 valence electrons. The minimum absolute atomic E-state index is 0.234. The molecule has 0 saturated carbocycles. The molecule has 12 nitrogen and oxygen atoms in total. The maximum atomic E-state index is 12.3. The molecule has 60 heavy (non-hydrogen) atoms. The molecule has 4 aliphatic rings. The number of nitrogens with one attached hydrogen (secondary N) is 2. The number of rotatable bonds is 22. The van der Waals surface area contributed by atoms with Crippen molar-refractivity contribution in [2.24, 2.45) is 0 Å². The minimum Gasteiger partial charge on any atom is -0.322 e. The number of fused-ring (bicyclic) bond motifs is 4. The quantitative estimate of drug-likeness (QED) is 0.0505. The molecule has 0 radical (unpaired) electrons. The number of H-pyrrole nitrogens is 2. The van der Waals surface area contributed by atoms with Crippen LogP contribution in [0.15, 0.2) is 43.4 Å². The van der Waals surface area contributed by atoms with E-state index in [1.54, 1.807) is 0 Å². The van der Waals surface area contributed by atoms with Crippen molar-refractivity contribution in [1.82, 2.24) is 39.0 Å². The molecule has 0 saturated heterocycles. The van der Waals surface area contributed by atoms with Crippen molar-refractivity contribution < 1.29 is 0 Å².